The summed E-state index contributed by atoms with van der Waals surface area (Å²) in [5, 5.41) is 30.5. The van der Waals surface area contributed by atoms with Gasteiger partial charge in [-0.15, -0.1) is 0 Å². The van der Waals surface area contributed by atoms with Crippen LogP contribution < -0.4 is 96.0 Å². The molecule has 3 aromatic heterocycles. The van der Waals surface area contributed by atoms with Crippen LogP contribution >= 0.6 is 0 Å². The van der Waals surface area contributed by atoms with Gasteiger partial charge in [0, 0.05) is 69.5 Å². The minimum absolute atomic E-state index is 0. The Hall–Kier alpha value is -6.07. The van der Waals surface area contributed by atoms with E-state index in [9.17, 15) is 0 Å². The molecular weight excluding hydrogens is 1310 g/mol. The van der Waals surface area contributed by atoms with Crippen LogP contribution in [0.1, 0.15) is 84.7 Å². The summed E-state index contributed by atoms with van der Waals surface area (Å²) in [5.74, 6) is 5.01. The minimum Gasteiger partial charge on any atom is -1.00 e. The van der Waals surface area contributed by atoms with Crippen molar-refractivity contribution in [2.24, 2.45) is 72.1 Å². The third kappa shape index (κ3) is 16.5. The van der Waals surface area contributed by atoms with Gasteiger partial charge in [0.05, 0.1) is 17.8 Å². The lowest BCUT2D eigenvalue weighted by Gasteiger charge is -2.29. The van der Waals surface area contributed by atoms with Crippen molar-refractivity contribution in [1.29, 1.82) is 10.8 Å². The van der Waals surface area contributed by atoms with Crippen LogP contribution in [0.3, 0.4) is 0 Å². The van der Waals surface area contributed by atoms with Crippen molar-refractivity contribution in [3.05, 3.63) is 215 Å². The number of aryl methyl sites for hydroxylation is 3. The molecule has 6 aromatic rings. The van der Waals surface area contributed by atoms with E-state index in [1.54, 1.807) is 12.1 Å². The van der Waals surface area contributed by atoms with E-state index in [-0.39, 0.29) is 71.9 Å². The lowest BCUT2D eigenvalue weighted by atomic mass is 9.91. The number of hydrogen-bond acceptors (Lipinski definition) is 7. The highest BCUT2D eigenvalue weighted by Crippen LogP contribution is 2.51. The third-order valence-corrected chi connectivity index (χ3v) is 15.8. The molecule has 4 fully saturated rings. The average molecular weight is 1380 g/mol. The fourth-order valence-electron chi connectivity index (χ4n) is 11.6. The van der Waals surface area contributed by atoms with Gasteiger partial charge in [0.25, 0.3) is 0 Å². The highest BCUT2D eigenvalue weighted by atomic mass is 127. The van der Waals surface area contributed by atoms with Gasteiger partial charge in [-0.25, -0.2) is 18.7 Å². The number of benzene rings is 3. The molecule has 0 spiro atoms. The van der Waals surface area contributed by atoms with Crippen molar-refractivity contribution in [1.82, 2.24) is 0 Å². The van der Waals surface area contributed by atoms with E-state index in [4.69, 9.17) is 16.3 Å². The maximum atomic E-state index is 8.31. The number of nitrogens with one attached hydrogen (secondary N) is 1. The molecule has 4 heterocycles. The van der Waals surface area contributed by atoms with Crippen LogP contribution in [0.25, 0.3) is 46.9 Å². The van der Waals surface area contributed by atoms with Crippen LogP contribution in [0, 0.1) is 46.3 Å². The summed E-state index contributed by atoms with van der Waals surface area (Å²) >= 11 is 0. The molecule has 1 aliphatic heterocycles. The summed E-state index contributed by atoms with van der Waals surface area (Å²) in [6, 6.07) is 39.0. The maximum absolute atomic E-state index is 8.31. The van der Waals surface area contributed by atoms with E-state index in [1.165, 1.54) is 85.0 Å². The van der Waals surface area contributed by atoms with Crippen LogP contribution in [-0.4, -0.2) is 18.1 Å². The van der Waals surface area contributed by atoms with Gasteiger partial charge in [-0.2, -0.15) is 5.11 Å². The molecule has 8 atom stereocenters. The van der Waals surface area contributed by atoms with Crippen LogP contribution in [0.2, 0.25) is 0 Å². The molecule has 0 saturated heterocycles. The maximum Gasteiger partial charge on any atom is 0.169 e. The summed E-state index contributed by atoms with van der Waals surface area (Å²) in [6.07, 6.45) is 45.7. The molecule has 402 valence electrons. The number of allylic oxidation sites excluding steroid dienone is 2. The van der Waals surface area contributed by atoms with E-state index in [2.05, 4.69) is 177 Å². The number of pyridine rings is 3. The van der Waals surface area contributed by atoms with Gasteiger partial charge in [0.1, 0.15) is 21.1 Å². The Morgan fingerprint density at radius 1 is 0.526 bits per heavy atom. The molecule has 12 nitrogen and oxygen atoms in total. The van der Waals surface area contributed by atoms with Crippen LogP contribution in [0.4, 0.5) is 17.1 Å². The average Bonchev–Trinajstić information content (AvgIpc) is 4.52. The molecule has 4 saturated carbocycles. The largest absolute Gasteiger partial charge is 1.00 e. The summed E-state index contributed by atoms with van der Waals surface area (Å²) in [4.78, 5) is 2.74. The van der Waals surface area contributed by atoms with Gasteiger partial charge in [0.2, 0.25) is 0 Å². The Bertz CT molecular complexity index is 3050. The predicted octanol–water partition coefficient (Wildman–Crippen LogP) is 4.73. The second kappa shape index (κ2) is 30.3. The first-order valence-electron chi connectivity index (χ1n) is 26.6. The lowest BCUT2D eigenvalue weighted by molar-refractivity contribution is -0.671. The zero-order valence-corrected chi connectivity index (χ0v) is 51.0. The molecule has 13 rings (SSSR count). The first-order valence-corrected chi connectivity index (χ1v) is 26.6. The Morgan fingerprint density at radius 3 is 1.33 bits per heavy atom. The zero-order chi connectivity index (χ0) is 51.9. The molecule has 0 radical (unpaired) electrons. The Balaban J connectivity index is 0.000000173. The van der Waals surface area contributed by atoms with E-state index in [0.29, 0.717) is 23.8 Å². The molecule has 3 aromatic carbocycles. The van der Waals surface area contributed by atoms with Crippen molar-refractivity contribution >= 4 is 53.5 Å². The zero-order valence-electron chi connectivity index (χ0n) is 44.5. The normalized spacial score (nSPS) is 23.5. The quantitative estimate of drug-likeness (QED) is 0.0402. The van der Waals surface area contributed by atoms with Crippen molar-refractivity contribution in [2.45, 2.75) is 69.5 Å². The molecule has 0 amide bonds. The summed E-state index contributed by atoms with van der Waals surface area (Å²) in [6.45, 7) is 0. The monoisotopic (exact) mass is 1370 g/mol. The van der Waals surface area contributed by atoms with E-state index < -0.39 is 0 Å². The number of halogens is 3. The fourth-order valence-corrected chi connectivity index (χ4v) is 11.6. The summed E-state index contributed by atoms with van der Waals surface area (Å²) < 4.78 is 6.08. The van der Waals surface area contributed by atoms with Crippen LogP contribution in [-0.2, 0) is 21.1 Å². The molecule has 7 aliphatic rings. The van der Waals surface area contributed by atoms with Gasteiger partial charge in [-0.3, -0.25) is 0 Å². The Morgan fingerprint density at radius 2 is 0.936 bits per heavy atom. The number of azide groups is 1. The summed E-state index contributed by atoms with van der Waals surface area (Å²) in [7, 11) is 6.05. The smallest absolute Gasteiger partial charge is 0.169 e. The molecule has 6 bridgehead atoms. The number of nitrogens with zero attached hydrogens (tertiary/aromatic N) is 11. The second-order valence-corrected chi connectivity index (χ2v) is 20.9. The van der Waals surface area contributed by atoms with Gasteiger partial charge in [0.15, 0.2) is 37.2 Å². The van der Waals surface area contributed by atoms with Crippen molar-refractivity contribution in [2.75, 3.05) is 10.3 Å². The fraction of sp³-hybridized carbons (Fsp3) is 0.317. The Kier molecular flexibility index (Phi) is 23.8. The predicted molar refractivity (Wildman–Crippen MR) is 300 cm³/mol. The van der Waals surface area contributed by atoms with Crippen LogP contribution in [0.15, 0.2) is 186 Å². The van der Waals surface area contributed by atoms with Gasteiger partial charge < -0.3 is 77.2 Å². The van der Waals surface area contributed by atoms with Gasteiger partial charge in [-0.05, 0) is 150 Å². The highest BCUT2D eigenvalue weighted by Gasteiger charge is 2.53. The number of aromatic nitrogens is 3. The first kappa shape index (κ1) is 61.1. The SMILES string of the molecule is C1=CC2CCC1C2.C[n+]1ccc(/C=C/c2ccc(N3N=NC4C5CCC(C5)C43)cc2)cc1.C[n+]1ccc(/C=C/c2ccc(N=[N+]=[N-])cc2)cc1.C[n+]1ccc(/C=C/c2ccc(NC3C4C=CC3CC4)cc2)cc1.N#N.[I-].[I-].[I-]. The van der Waals surface area contributed by atoms with Crippen molar-refractivity contribution < 1.29 is 85.6 Å². The standard InChI is InChI=1S/C21H23N4.C21H22N2.C14H13N4.C7H10.3HI.N2/c1-24-12-10-16(11-13-24)3-2-15-4-8-19(9-5-15)25-21-18-7-6-17(14-18)20(21)22-23-25;1-23-14-12-17(13-15-23)3-2-16-4-10-20(11-5-16)22-21-18-6-7-19(21)9-8-18;1-18-10-8-13(9-11-18)3-2-12-4-6-14(7-5-12)16-17-15;1-2-7-4-3-6(1)5-7;;;;1-2/h2-5,8-13,17-18,20-21H,6-7,14H2,1H3;2-7,10-15,18-19,21H,8-9H2,1H3;2-11H,1H3;1-2,6-7H,3-5H2;3*1H;/q+1;;+1;;;;;/p-2/b;;3-2+;;;;;. The van der Waals surface area contributed by atoms with E-state index in [1.807, 2.05) is 83.7 Å². The number of hydrogen-bond donors (Lipinski definition) is 1. The molecular formula is C63H69I3N12. The molecule has 78 heavy (non-hydrogen) atoms. The van der Waals surface area contributed by atoms with Gasteiger partial charge >= 0.3 is 0 Å². The topological polar surface area (TPSA) is 148 Å². The minimum atomic E-state index is 0. The van der Waals surface area contributed by atoms with E-state index in [0.717, 1.165) is 46.6 Å². The van der Waals surface area contributed by atoms with Crippen molar-refractivity contribution in [3.63, 3.8) is 0 Å². The summed E-state index contributed by atoms with van der Waals surface area (Å²) in [5.41, 5.74) is 18.4. The molecule has 6 aliphatic carbocycles. The number of fused-ring (bicyclic) bond motifs is 9. The third-order valence-electron chi connectivity index (χ3n) is 15.8. The molecule has 15 heteroatoms. The van der Waals surface area contributed by atoms with Crippen LogP contribution in [0.5, 0.6) is 0 Å². The highest BCUT2D eigenvalue weighted by molar-refractivity contribution is 5.72. The first-order chi connectivity index (χ1) is 36.8. The molecule has 8 unspecified atom stereocenters. The number of anilines is 2. The molecule has 1 N–H and O–H groups in total. The Labute approximate surface area is 512 Å². The second-order valence-electron chi connectivity index (χ2n) is 20.9. The van der Waals surface area contributed by atoms with Crippen molar-refractivity contribution in [3.8, 4) is 0 Å². The van der Waals surface area contributed by atoms with E-state index >= 15 is 0 Å². The van der Waals surface area contributed by atoms with Gasteiger partial charge in [-0.1, -0.05) is 120 Å². The lowest BCUT2D eigenvalue weighted by Crippen LogP contribution is -3.00. The number of rotatable bonds is 10.